The third kappa shape index (κ3) is 3.33. The van der Waals surface area contributed by atoms with Gasteiger partial charge in [-0.25, -0.2) is 4.39 Å². The van der Waals surface area contributed by atoms with Crippen molar-refractivity contribution in [1.29, 1.82) is 0 Å². The van der Waals surface area contributed by atoms with E-state index in [0.29, 0.717) is 13.1 Å². The van der Waals surface area contributed by atoms with Gasteiger partial charge in [0.25, 0.3) is 5.91 Å². The Kier molecular flexibility index (Phi) is 4.32. The van der Waals surface area contributed by atoms with Crippen molar-refractivity contribution in [3.8, 4) is 5.75 Å². The Morgan fingerprint density at radius 1 is 1.15 bits per heavy atom. The molecule has 104 valence electrons. The van der Waals surface area contributed by atoms with Gasteiger partial charge in [-0.1, -0.05) is 24.3 Å². The highest BCUT2D eigenvalue weighted by Crippen LogP contribution is 2.17. The molecule has 0 atom stereocenters. The van der Waals surface area contributed by atoms with Crippen molar-refractivity contribution in [2.24, 2.45) is 5.73 Å². The fraction of sp³-hybridized carbons (Fsp3) is 0.133. The first-order valence-corrected chi connectivity index (χ1v) is 6.15. The third-order valence-electron chi connectivity index (χ3n) is 2.92. The maximum atomic E-state index is 12.8. The lowest BCUT2D eigenvalue weighted by atomic mass is 10.1. The van der Waals surface area contributed by atoms with E-state index in [1.807, 2.05) is 24.3 Å². The first-order chi connectivity index (χ1) is 9.60. The van der Waals surface area contributed by atoms with Gasteiger partial charge in [0, 0.05) is 19.2 Å². The van der Waals surface area contributed by atoms with E-state index in [0.717, 1.165) is 23.3 Å². The highest BCUT2D eigenvalue weighted by molar-refractivity contribution is 5.96. The van der Waals surface area contributed by atoms with Crippen molar-refractivity contribution in [3.05, 3.63) is 65.0 Å². The number of aromatic hydroxyl groups is 1. The van der Waals surface area contributed by atoms with Gasteiger partial charge in [0.2, 0.25) is 0 Å². The Labute approximate surface area is 116 Å². The molecule has 5 heteroatoms. The van der Waals surface area contributed by atoms with Crippen LogP contribution in [-0.2, 0) is 13.1 Å². The second-order valence-corrected chi connectivity index (χ2v) is 4.36. The molecule has 0 saturated heterocycles. The molecular weight excluding hydrogens is 259 g/mol. The average Bonchev–Trinajstić information content (AvgIpc) is 2.45. The first kappa shape index (κ1) is 14.0. The van der Waals surface area contributed by atoms with Crippen molar-refractivity contribution in [2.45, 2.75) is 13.1 Å². The van der Waals surface area contributed by atoms with Gasteiger partial charge in [0.05, 0.1) is 5.56 Å². The van der Waals surface area contributed by atoms with Crippen molar-refractivity contribution in [2.75, 3.05) is 0 Å². The number of halogens is 1. The quantitative estimate of drug-likeness (QED) is 0.797. The number of nitrogens with two attached hydrogens (primary N) is 1. The molecule has 0 radical (unpaired) electrons. The smallest absolute Gasteiger partial charge is 0.255 e. The monoisotopic (exact) mass is 274 g/mol. The maximum Gasteiger partial charge on any atom is 0.255 e. The van der Waals surface area contributed by atoms with Gasteiger partial charge in [-0.05, 0) is 23.3 Å². The van der Waals surface area contributed by atoms with Crippen LogP contribution in [0.15, 0.2) is 42.5 Å². The summed E-state index contributed by atoms with van der Waals surface area (Å²) in [5, 5.41) is 12.2. The topological polar surface area (TPSA) is 75.3 Å². The summed E-state index contributed by atoms with van der Waals surface area (Å²) in [4.78, 5) is 11.9. The molecule has 4 nitrogen and oxygen atoms in total. The van der Waals surface area contributed by atoms with Crippen LogP contribution in [0.2, 0.25) is 0 Å². The fourth-order valence-corrected chi connectivity index (χ4v) is 1.77. The van der Waals surface area contributed by atoms with E-state index in [1.165, 1.54) is 6.07 Å². The SMILES string of the molecule is NCc1ccc(CNC(=O)c2ccc(F)cc2O)cc1. The second kappa shape index (κ2) is 6.16. The minimum absolute atomic E-state index is 0.0463. The summed E-state index contributed by atoms with van der Waals surface area (Å²) in [7, 11) is 0. The number of phenols is 1. The minimum atomic E-state index is -0.587. The summed E-state index contributed by atoms with van der Waals surface area (Å²) in [6.45, 7) is 0.788. The van der Waals surface area contributed by atoms with Gasteiger partial charge in [-0.2, -0.15) is 0 Å². The average molecular weight is 274 g/mol. The van der Waals surface area contributed by atoms with E-state index in [-0.39, 0.29) is 11.3 Å². The third-order valence-corrected chi connectivity index (χ3v) is 2.92. The van der Waals surface area contributed by atoms with Crippen LogP contribution in [0.1, 0.15) is 21.5 Å². The molecule has 0 aliphatic rings. The molecule has 0 fully saturated rings. The zero-order chi connectivity index (χ0) is 14.5. The normalized spacial score (nSPS) is 10.3. The van der Waals surface area contributed by atoms with E-state index in [9.17, 15) is 14.3 Å². The molecule has 4 N–H and O–H groups in total. The van der Waals surface area contributed by atoms with Crippen LogP contribution >= 0.6 is 0 Å². The fourth-order valence-electron chi connectivity index (χ4n) is 1.77. The standard InChI is InChI=1S/C15H15FN2O2/c16-12-5-6-13(14(19)7-12)15(20)18-9-11-3-1-10(8-17)2-4-11/h1-7,19H,8-9,17H2,(H,18,20). The van der Waals surface area contributed by atoms with Crippen molar-refractivity contribution in [3.63, 3.8) is 0 Å². The van der Waals surface area contributed by atoms with Crippen LogP contribution in [0.25, 0.3) is 0 Å². The second-order valence-electron chi connectivity index (χ2n) is 4.36. The van der Waals surface area contributed by atoms with Crippen molar-refractivity contribution in [1.82, 2.24) is 5.32 Å². The molecule has 2 aromatic carbocycles. The van der Waals surface area contributed by atoms with E-state index >= 15 is 0 Å². The number of rotatable bonds is 4. The highest BCUT2D eigenvalue weighted by atomic mass is 19.1. The van der Waals surface area contributed by atoms with Crippen LogP contribution in [-0.4, -0.2) is 11.0 Å². The summed E-state index contributed by atoms with van der Waals surface area (Å²) < 4.78 is 12.8. The molecule has 0 spiro atoms. The van der Waals surface area contributed by atoms with Crippen LogP contribution in [0.5, 0.6) is 5.75 Å². The molecule has 0 aliphatic carbocycles. The lowest BCUT2D eigenvalue weighted by Crippen LogP contribution is -2.22. The number of amides is 1. The Bertz CT molecular complexity index is 612. The van der Waals surface area contributed by atoms with E-state index < -0.39 is 11.7 Å². The zero-order valence-corrected chi connectivity index (χ0v) is 10.8. The van der Waals surface area contributed by atoms with Gasteiger partial charge in [0.15, 0.2) is 0 Å². The highest BCUT2D eigenvalue weighted by Gasteiger charge is 2.11. The summed E-state index contributed by atoms with van der Waals surface area (Å²) >= 11 is 0. The maximum absolute atomic E-state index is 12.8. The molecule has 1 amide bonds. The summed E-state index contributed by atoms with van der Waals surface area (Å²) in [5.41, 5.74) is 7.47. The predicted molar refractivity (Wildman–Crippen MR) is 73.6 cm³/mol. The number of carbonyl (C=O) groups excluding carboxylic acids is 1. The molecule has 0 heterocycles. The predicted octanol–water partition coefficient (Wildman–Crippen LogP) is 1.92. The molecular formula is C15H15FN2O2. The summed E-state index contributed by atoms with van der Waals surface area (Å²) in [6, 6.07) is 10.8. The van der Waals surface area contributed by atoms with Crippen LogP contribution < -0.4 is 11.1 Å². The number of phenolic OH excluding ortho intramolecular Hbond substituents is 1. The molecule has 0 aromatic heterocycles. The zero-order valence-electron chi connectivity index (χ0n) is 10.8. The number of benzene rings is 2. The molecule has 2 rings (SSSR count). The number of hydrogen-bond acceptors (Lipinski definition) is 3. The minimum Gasteiger partial charge on any atom is -0.507 e. The lowest BCUT2D eigenvalue weighted by molar-refractivity contribution is 0.0948. The molecule has 0 saturated carbocycles. The van der Waals surface area contributed by atoms with Gasteiger partial charge >= 0.3 is 0 Å². The van der Waals surface area contributed by atoms with Gasteiger partial charge in [-0.3, -0.25) is 4.79 Å². The van der Waals surface area contributed by atoms with Crippen molar-refractivity contribution < 1.29 is 14.3 Å². The molecule has 20 heavy (non-hydrogen) atoms. The van der Waals surface area contributed by atoms with Crippen LogP contribution in [0.3, 0.4) is 0 Å². The Morgan fingerprint density at radius 2 is 1.80 bits per heavy atom. The van der Waals surface area contributed by atoms with Crippen LogP contribution in [0.4, 0.5) is 4.39 Å². The molecule has 0 bridgehead atoms. The van der Waals surface area contributed by atoms with Gasteiger partial charge < -0.3 is 16.2 Å². The molecule has 0 unspecified atom stereocenters. The molecule has 2 aromatic rings. The van der Waals surface area contributed by atoms with Gasteiger partial charge in [-0.15, -0.1) is 0 Å². The van der Waals surface area contributed by atoms with E-state index in [4.69, 9.17) is 5.73 Å². The van der Waals surface area contributed by atoms with Crippen molar-refractivity contribution >= 4 is 5.91 Å². The Morgan fingerprint density at radius 3 is 2.40 bits per heavy atom. The lowest BCUT2D eigenvalue weighted by Gasteiger charge is -2.07. The number of nitrogens with one attached hydrogen (secondary N) is 1. The molecule has 0 aliphatic heterocycles. The Balaban J connectivity index is 2.00. The number of hydrogen-bond donors (Lipinski definition) is 3. The Hall–Kier alpha value is -2.40. The number of carbonyl (C=O) groups is 1. The van der Waals surface area contributed by atoms with E-state index in [2.05, 4.69) is 5.32 Å². The summed E-state index contributed by atoms with van der Waals surface area (Å²) in [6.07, 6.45) is 0. The first-order valence-electron chi connectivity index (χ1n) is 6.15. The summed E-state index contributed by atoms with van der Waals surface area (Å²) in [5.74, 6) is -1.41. The largest absolute Gasteiger partial charge is 0.507 e. The van der Waals surface area contributed by atoms with E-state index in [1.54, 1.807) is 0 Å². The van der Waals surface area contributed by atoms with Crippen LogP contribution in [0, 0.1) is 5.82 Å². The van der Waals surface area contributed by atoms with Gasteiger partial charge in [0.1, 0.15) is 11.6 Å².